The van der Waals surface area contributed by atoms with E-state index < -0.39 is 4.92 Å². The molecule has 7 heteroatoms. The molecule has 2 aromatic rings. The first-order valence-corrected chi connectivity index (χ1v) is 8.15. The van der Waals surface area contributed by atoms with Crippen molar-refractivity contribution in [1.29, 1.82) is 5.26 Å². The van der Waals surface area contributed by atoms with E-state index >= 15 is 0 Å². The van der Waals surface area contributed by atoms with Crippen molar-refractivity contribution in [2.45, 2.75) is 25.7 Å². The van der Waals surface area contributed by atoms with Crippen molar-refractivity contribution in [2.24, 2.45) is 4.99 Å². The second-order valence-electron chi connectivity index (χ2n) is 4.69. The Bertz CT molecular complexity index is 768. The van der Waals surface area contributed by atoms with Crippen molar-refractivity contribution < 1.29 is 4.92 Å². The SMILES string of the molecule is N#Cc1c(/N=C/c2ccc([N+](=O)[O-])s2)sc2c1CCCC2. The van der Waals surface area contributed by atoms with Crippen LogP contribution in [0.3, 0.4) is 0 Å². The van der Waals surface area contributed by atoms with E-state index in [1.165, 1.54) is 17.4 Å². The van der Waals surface area contributed by atoms with E-state index in [9.17, 15) is 15.4 Å². The van der Waals surface area contributed by atoms with Gasteiger partial charge in [-0.3, -0.25) is 10.1 Å². The van der Waals surface area contributed by atoms with Crippen LogP contribution >= 0.6 is 22.7 Å². The molecule has 0 unspecified atom stereocenters. The van der Waals surface area contributed by atoms with E-state index in [4.69, 9.17) is 0 Å². The van der Waals surface area contributed by atoms with E-state index in [-0.39, 0.29) is 5.00 Å². The molecule has 0 atom stereocenters. The third-order valence-corrected chi connectivity index (χ3v) is 5.54. The Hall–Kier alpha value is -2.04. The van der Waals surface area contributed by atoms with Crippen LogP contribution in [0.2, 0.25) is 0 Å². The lowest BCUT2D eigenvalue weighted by Gasteiger charge is -2.09. The monoisotopic (exact) mass is 317 g/mol. The molecular weight excluding hydrogens is 306 g/mol. The maximum atomic E-state index is 10.7. The van der Waals surface area contributed by atoms with Crippen LogP contribution < -0.4 is 0 Å². The van der Waals surface area contributed by atoms with Gasteiger partial charge < -0.3 is 0 Å². The van der Waals surface area contributed by atoms with Crippen molar-refractivity contribution in [1.82, 2.24) is 0 Å². The molecule has 1 aliphatic carbocycles. The lowest BCUT2D eigenvalue weighted by molar-refractivity contribution is -0.380. The summed E-state index contributed by atoms with van der Waals surface area (Å²) in [5.41, 5.74) is 1.83. The average molecular weight is 317 g/mol. The minimum atomic E-state index is -0.410. The number of aliphatic imine (C=N–C) groups is 1. The second-order valence-corrected chi connectivity index (χ2v) is 6.87. The number of fused-ring (bicyclic) bond motifs is 1. The topological polar surface area (TPSA) is 79.3 Å². The summed E-state index contributed by atoms with van der Waals surface area (Å²) in [6.07, 6.45) is 5.87. The fourth-order valence-electron chi connectivity index (χ4n) is 2.39. The van der Waals surface area contributed by atoms with Gasteiger partial charge in [-0.1, -0.05) is 11.3 Å². The lowest BCUT2D eigenvalue weighted by Crippen LogP contribution is -1.99. The van der Waals surface area contributed by atoms with E-state index in [0.29, 0.717) is 5.56 Å². The summed E-state index contributed by atoms with van der Waals surface area (Å²) < 4.78 is 0. The fraction of sp³-hybridized carbons (Fsp3) is 0.286. The molecule has 21 heavy (non-hydrogen) atoms. The number of hydrogen-bond acceptors (Lipinski definition) is 6. The predicted octanol–water partition coefficient (Wildman–Crippen LogP) is 4.22. The Morgan fingerprint density at radius 1 is 1.33 bits per heavy atom. The Kier molecular flexibility index (Phi) is 3.82. The number of nitrogens with zero attached hydrogens (tertiary/aromatic N) is 3. The standard InChI is InChI=1S/C14H11N3O2S2/c15-7-11-10-3-1-2-4-12(10)21-14(11)16-8-9-5-6-13(20-9)17(18)19/h5-6,8H,1-4H2/b16-8+. The highest BCUT2D eigenvalue weighted by molar-refractivity contribution is 7.17. The summed E-state index contributed by atoms with van der Waals surface area (Å²) in [6.45, 7) is 0. The summed E-state index contributed by atoms with van der Waals surface area (Å²) in [4.78, 5) is 16.6. The van der Waals surface area contributed by atoms with Crippen LogP contribution in [0.4, 0.5) is 10.0 Å². The highest BCUT2D eigenvalue weighted by atomic mass is 32.1. The van der Waals surface area contributed by atoms with Crippen LogP contribution in [0.15, 0.2) is 17.1 Å². The molecule has 0 bridgehead atoms. The molecule has 0 fully saturated rings. The molecule has 0 saturated carbocycles. The molecule has 0 aromatic carbocycles. The van der Waals surface area contributed by atoms with Gasteiger partial charge in [0.15, 0.2) is 0 Å². The first-order chi connectivity index (χ1) is 10.2. The summed E-state index contributed by atoms with van der Waals surface area (Å²) >= 11 is 2.65. The van der Waals surface area contributed by atoms with E-state index in [0.717, 1.165) is 46.0 Å². The van der Waals surface area contributed by atoms with Crippen molar-refractivity contribution in [2.75, 3.05) is 0 Å². The van der Waals surface area contributed by atoms with Crippen molar-refractivity contribution in [3.8, 4) is 6.07 Å². The van der Waals surface area contributed by atoms with Crippen molar-refractivity contribution in [3.63, 3.8) is 0 Å². The first kappa shape index (κ1) is 13.9. The number of aryl methyl sites for hydroxylation is 1. The van der Waals surface area contributed by atoms with E-state index in [2.05, 4.69) is 11.1 Å². The van der Waals surface area contributed by atoms with Gasteiger partial charge in [0.1, 0.15) is 11.1 Å². The minimum absolute atomic E-state index is 0.0995. The van der Waals surface area contributed by atoms with Crippen LogP contribution in [-0.2, 0) is 12.8 Å². The Balaban J connectivity index is 1.90. The smallest absolute Gasteiger partial charge is 0.258 e. The molecule has 0 saturated heterocycles. The maximum Gasteiger partial charge on any atom is 0.324 e. The van der Waals surface area contributed by atoms with Crippen LogP contribution in [0, 0.1) is 21.4 Å². The molecule has 2 heterocycles. The van der Waals surface area contributed by atoms with E-state index in [1.807, 2.05) is 0 Å². The van der Waals surface area contributed by atoms with Gasteiger partial charge in [-0.2, -0.15) is 5.26 Å². The Labute approximate surface area is 129 Å². The number of nitro groups is 1. The number of nitriles is 1. The summed E-state index contributed by atoms with van der Waals surface area (Å²) in [7, 11) is 0. The van der Waals surface area contributed by atoms with Gasteiger partial charge in [-0.05, 0) is 37.3 Å². The minimum Gasteiger partial charge on any atom is -0.258 e. The highest BCUT2D eigenvalue weighted by Crippen LogP contribution is 2.39. The third kappa shape index (κ3) is 2.73. The van der Waals surface area contributed by atoms with E-state index in [1.54, 1.807) is 23.6 Å². The van der Waals surface area contributed by atoms with Gasteiger partial charge in [0.05, 0.1) is 15.4 Å². The highest BCUT2D eigenvalue weighted by Gasteiger charge is 2.20. The molecule has 1 aliphatic rings. The van der Waals surface area contributed by atoms with Gasteiger partial charge in [-0.25, -0.2) is 4.99 Å². The molecule has 0 amide bonds. The normalized spacial score (nSPS) is 14.0. The molecule has 0 aliphatic heterocycles. The quantitative estimate of drug-likeness (QED) is 0.483. The predicted molar refractivity (Wildman–Crippen MR) is 83.9 cm³/mol. The van der Waals surface area contributed by atoms with Gasteiger partial charge in [0.2, 0.25) is 0 Å². The molecule has 3 rings (SSSR count). The van der Waals surface area contributed by atoms with Crippen LogP contribution in [0.25, 0.3) is 0 Å². The molecule has 0 radical (unpaired) electrons. The summed E-state index contributed by atoms with van der Waals surface area (Å²) in [6, 6.07) is 5.40. The molecule has 106 valence electrons. The first-order valence-electron chi connectivity index (χ1n) is 6.52. The average Bonchev–Trinajstić information content (AvgIpc) is 3.09. The zero-order chi connectivity index (χ0) is 14.8. The fourth-order valence-corrected chi connectivity index (χ4v) is 4.27. The Morgan fingerprint density at radius 3 is 2.86 bits per heavy atom. The van der Waals surface area contributed by atoms with Gasteiger partial charge in [0, 0.05) is 17.2 Å². The van der Waals surface area contributed by atoms with Gasteiger partial charge in [0.25, 0.3) is 0 Å². The number of hydrogen-bond donors (Lipinski definition) is 0. The summed E-state index contributed by atoms with van der Waals surface area (Å²) in [5.74, 6) is 0. The van der Waals surface area contributed by atoms with Gasteiger partial charge in [-0.15, -0.1) is 11.3 Å². The van der Waals surface area contributed by atoms with Crippen LogP contribution in [0.1, 0.15) is 33.7 Å². The van der Waals surface area contributed by atoms with Crippen molar-refractivity contribution in [3.05, 3.63) is 43.1 Å². The number of thiophene rings is 2. The zero-order valence-corrected chi connectivity index (χ0v) is 12.7. The van der Waals surface area contributed by atoms with Crippen molar-refractivity contribution >= 4 is 38.9 Å². The molecule has 0 spiro atoms. The lowest BCUT2D eigenvalue weighted by atomic mass is 9.96. The second kappa shape index (κ2) is 5.76. The zero-order valence-electron chi connectivity index (χ0n) is 11.0. The van der Waals surface area contributed by atoms with Crippen LogP contribution in [0.5, 0.6) is 0 Å². The number of rotatable bonds is 3. The van der Waals surface area contributed by atoms with Crippen LogP contribution in [-0.4, -0.2) is 11.1 Å². The molecular formula is C14H11N3O2S2. The summed E-state index contributed by atoms with van der Waals surface area (Å²) in [5, 5.41) is 20.8. The largest absolute Gasteiger partial charge is 0.324 e. The molecule has 5 nitrogen and oxygen atoms in total. The Morgan fingerprint density at radius 2 is 2.14 bits per heavy atom. The molecule has 0 N–H and O–H groups in total. The van der Waals surface area contributed by atoms with Gasteiger partial charge >= 0.3 is 5.00 Å². The maximum absolute atomic E-state index is 10.7. The third-order valence-electron chi connectivity index (χ3n) is 3.37. The molecule has 2 aromatic heterocycles.